The second-order valence-corrected chi connectivity index (χ2v) is 12.1. The zero-order valence-corrected chi connectivity index (χ0v) is 25.7. The number of nitrogens with one attached hydrogen (secondary N) is 1. The van der Waals surface area contributed by atoms with Crippen molar-refractivity contribution in [2.75, 3.05) is 37.5 Å². The largest absolute Gasteiger partial charge is 0.497 e. The predicted octanol–water partition coefficient (Wildman–Crippen LogP) is 5.77. The van der Waals surface area contributed by atoms with Crippen LogP contribution in [0.3, 0.4) is 0 Å². The molecule has 2 aliphatic rings. The molecular weight excluding hydrogens is 608 g/mol. The van der Waals surface area contributed by atoms with Crippen molar-refractivity contribution in [3.63, 3.8) is 0 Å². The second-order valence-electron chi connectivity index (χ2n) is 11.3. The minimum absolute atomic E-state index is 0.0416. The first kappa shape index (κ1) is 28.7. The lowest BCUT2D eigenvalue weighted by molar-refractivity contribution is 0.0784. The highest BCUT2D eigenvalue weighted by Crippen LogP contribution is 2.39. The molecule has 6 rings (SSSR count). The topological polar surface area (TPSA) is 83.9 Å². The first-order chi connectivity index (χ1) is 20.8. The van der Waals surface area contributed by atoms with Gasteiger partial charge in [-0.15, -0.1) is 0 Å². The van der Waals surface area contributed by atoms with Gasteiger partial charge in [0.25, 0.3) is 17.4 Å². The molecule has 1 saturated heterocycles. The number of piperidine rings is 1. The first-order valence-corrected chi connectivity index (χ1v) is 15.1. The molecule has 1 fully saturated rings. The summed E-state index contributed by atoms with van der Waals surface area (Å²) in [5, 5.41) is 3.10. The number of nitrogens with zero attached hydrogens (tertiary/aromatic N) is 3. The molecule has 3 aromatic carbocycles. The predicted molar refractivity (Wildman–Crippen MR) is 171 cm³/mol. The number of rotatable bonds is 7. The van der Waals surface area contributed by atoms with E-state index in [9.17, 15) is 14.4 Å². The Hall–Kier alpha value is -4.37. The Morgan fingerprint density at radius 2 is 1.79 bits per heavy atom. The number of hydrogen-bond acceptors (Lipinski definition) is 5. The van der Waals surface area contributed by atoms with E-state index in [1.807, 2.05) is 59.2 Å². The summed E-state index contributed by atoms with van der Waals surface area (Å²) in [4.78, 5) is 43.7. The Bertz CT molecular complexity index is 1740. The number of carbonyl (C=O) groups is 2. The molecule has 4 aromatic rings. The first-order valence-electron chi connectivity index (χ1n) is 14.3. The molecule has 2 aliphatic heterocycles. The number of fused-ring (bicyclic) bond motifs is 4. The number of benzene rings is 3. The molecule has 9 heteroatoms. The van der Waals surface area contributed by atoms with Crippen LogP contribution < -0.4 is 20.5 Å². The SMILES string of the molecule is COc1ccc(Br)c(C(=O)Nc2cc(C(=O)N(C)Cc3ccccc3)ccc2N2CC3CC(C2)c2cccc(=O)n2C3)c1. The normalized spacial score (nSPS) is 17.1. The van der Waals surface area contributed by atoms with Gasteiger partial charge in [-0.1, -0.05) is 36.4 Å². The van der Waals surface area contributed by atoms with Gasteiger partial charge in [0.15, 0.2) is 0 Å². The average molecular weight is 642 g/mol. The van der Waals surface area contributed by atoms with E-state index in [-0.39, 0.29) is 23.3 Å². The van der Waals surface area contributed by atoms with Crippen molar-refractivity contribution < 1.29 is 14.3 Å². The lowest BCUT2D eigenvalue weighted by Gasteiger charge is -2.44. The van der Waals surface area contributed by atoms with Crippen molar-refractivity contribution in [1.82, 2.24) is 9.47 Å². The number of amides is 2. The van der Waals surface area contributed by atoms with Crippen molar-refractivity contribution in [3.05, 3.63) is 122 Å². The summed E-state index contributed by atoms with van der Waals surface area (Å²) in [6, 6.07) is 26.1. The summed E-state index contributed by atoms with van der Waals surface area (Å²) >= 11 is 3.50. The lowest BCUT2D eigenvalue weighted by atomic mass is 9.83. The summed E-state index contributed by atoms with van der Waals surface area (Å²) in [6.45, 7) is 2.58. The van der Waals surface area contributed by atoms with Gasteiger partial charge in [0.2, 0.25) is 0 Å². The zero-order chi connectivity index (χ0) is 30.1. The number of carbonyl (C=O) groups excluding carboxylic acids is 2. The van der Waals surface area contributed by atoms with Crippen molar-refractivity contribution in [2.24, 2.45) is 5.92 Å². The van der Waals surface area contributed by atoms with Gasteiger partial charge in [-0.05, 0) is 76.3 Å². The molecule has 8 nitrogen and oxygen atoms in total. The Morgan fingerprint density at radius 3 is 2.58 bits per heavy atom. The summed E-state index contributed by atoms with van der Waals surface area (Å²) in [6.07, 6.45) is 1.01. The maximum atomic E-state index is 13.6. The van der Waals surface area contributed by atoms with Gasteiger partial charge in [0.05, 0.1) is 24.0 Å². The fourth-order valence-electron chi connectivity index (χ4n) is 6.28. The third kappa shape index (κ3) is 5.95. The van der Waals surface area contributed by atoms with Crippen LogP contribution in [-0.4, -0.2) is 48.5 Å². The Morgan fingerprint density at radius 1 is 0.977 bits per heavy atom. The van der Waals surface area contributed by atoms with E-state index >= 15 is 0 Å². The third-order valence-electron chi connectivity index (χ3n) is 8.34. The molecule has 1 aromatic heterocycles. The number of methoxy groups -OCH3 is 1. The Kier molecular flexibility index (Phi) is 8.08. The molecule has 2 bridgehead atoms. The van der Waals surface area contributed by atoms with Crippen molar-refractivity contribution in [2.45, 2.75) is 25.4 Å². The number of halogens is 1. The van der Waals surface area contributed by atoms with E-state index in [1.54, 1.807) is 49.4 Å². The molecule has 0 aliphatic carbocycles. The van der Waals surface area contributed by atoms with Crippen LogP contribution in [0.4, 0.5) is 11.4 Å². The van der Waals surface area contributed by atoms with E-state index in [0.29, 0.717) is 52.6 Å². The number of aromatic nitrogens is 1. The van der Waals surface area contributed by atoms with Crippen LogP contribution in [0.1, 0.15) is 44.3 Å². The van der Waals surface area contributed by atoms with E-state index in [1.165, 1.54) is 0 Å². The second kappa shape index (κ2) is 12.1. The molecule has 2 unspecified atom stereocenters. The Labute approximate surface area is 259 Å². The molecule has 3 heterocycles. The van der Waals surface area contributed by atoms with E-state index < -0.39 is 0 Å². The maximum Gasteiger partial charge on any atom is 0.257 e. The van der Waals surface area contributed by atoms with Crippen LogP contribution in [0.25, 0.3) is 0 Å². The third-order valence-corrected chi connectivity index (χ3v) is 9.03. The fraction of sp³-hybridized carbons (Fsp3) is 0.265. The Balaban J connectivity index is 1.34. The minimum Gasteiger partial charge on any atom is -0.497 e. The van der Waals surface area contributed by atoms with Crippen LogP contribution in [0.15, 0.2) is 94.2 Å². The van der Waals surface area contributed by atoms with Gasteiger partial charge >= 0.3 is 0 Å². The number of anilines is 2. The smallest absolute Gasteiger partial charge is 0.257 e. The molecule has 220 valence electrons. The number of ether oxygens (including phenoxy) is 1. The zero-order valence-electron chi connectivity index (χ0n) is 24.1. The van der Waals surface area contributed by atoms with Crippen LogP contribution in [0.2, 0.25) is 0 Å². The van der Waals surface area contributed by atoms with Gasteiger partial charge in [0.1, 0.15) is 5.75 Å². The highest BCUT2D eigenvalue weighted by molar-refractivity contribution is 9.10. The van der Waals surface area contributed by atoms with Gasteiger partial charge in [0, 0.05) is 60.9 Å². The highest BCUT2D eigenvalue weighted by atomic mass is 79.9. The van der Waals surface area contributed by atoms with Gasteiger partial charge in [-0.3, -0.25) is 14.4 Å². The van der Waals surface area contributed by atoms with Crippen molar-refractivity contribution >= 4 is 39.1 Å². The van der Waals surface area contributed by atoms with Crippen LogP contribution in [0.5, 0.6) is 5.75 Å². The van der Waals surface area contributed by atoms with Crippen molar-refractivity contribution in [1.29, 1.82) is 0 Å². The summed E-state index contributed by atoms with van der Waals surface area (Å²) < 4.78 is 7.89. The van der Waals surface area contributed by atoms with Crippen LogP contribution in [0, 0.1) is 5.92 Å². The highest BCUT2D eigenvalue weighted by Gasteiger charge is 2.35. The minimum atomic E-state index is -0.316. The molecule has 0 spiro atoms. The molecule has 2 amide bonds. The number of hydrogen-bond donors (Lipinski definition) is 1. The molecule has 0 saturated carbocycles. The fourth-order valence-corrected chi connectivity index (χ4v) is 6.71. The van der Waals surface area contributed by atoms with Crippen LogP contribution >= 0.6 is 15.9 Å². The summed E-state index contributed by atoms with van der Waals surface area (Å²) in [5.41, 5.74) is 4.43. The maximum absolute atomic E-state index is 13.6. The quantitative estimate of drug-likeness (QED) is 0.277. The van der Waals surface area contributed by atoms with E-state index in [4.69, 9.17) is 4.74 Å². The average Bonchev–Trinajstić information content (AvgIpc) is 3.01. The van der Waals surface area contributed by atoms with E-state index in [2.05, 4.69) is 26.1 Å². The summed E-state index contributed by atoms with van der Waals surface area (Å²) in [5.74, 6) is 0.593. The van der Waals surface area contributed by atoms with Crippen LogP contribution in [-0.2, 0) is 13.1 Å². The van der Waals surface area contributed by atoms with Gasteiger partial charge in [-0.25, -0.2) is 0 Å². The molecule has 43 heavy (non-hydrogen) atoms. The standard InChI is InChI=1S/C34H33BrN4O4/c1-37(18-22-7-4-3-5-8-22)34(42)24-11-14-31(29(16-24)36-33(41)27-17-26(43-2)12-13-28(27)35)38-19-23-15-25(21-38)30-9-6-10-32(40)39(30)20-23/h3-14,16-17,23,25H,15,18-21H2,1-2H3,(H,36,41). The van der Waals surface area contributed by atoms with Crippen molar-refractivity contribution in [3.8, 4) is 5.75 Å². The van der Waals surface area contributed by atoms with Gasteiger partial charge in [-0.2, -0.15) is 0 Å². The number of pyridine rings is 1. The lowest BCUT2D eigenvalue weighted by Crippen LogP contribution is -2.47. The molecule has 0 radical (unpaired) electrons. The summed E-state index contributed by atoms with van der Waals surface area (Å²) in [7, 11) is 3.34. The monoisotopic (exact) mass is 640 g/mol. The van der Waals surface area contributed by atoms with Gasteiger partial charge < -0.3 is 24.4 Å². The molecular formula is C34H33BrN4O4. The molecule has 1 N–H and O–H groups in total. The van der Waals surface area contributed by atoms with E-state index in [0.717, 1.165) is 29.9 Å². The molecule has 2 atom stereocenters.